The second-order valence-corrected chi connectivity index (χ2v) is 6.28. The number of anilines is 2. The molecule has 0 bridgehead atoms. The summed E-state index contributed by atoms with van der Waals surface area (Å²) >= 11 is 0. The summed E-state index contributed by atoms with van der Waals surface area (Å²) in [6, 6.07) is 10.6. The van der Waals surface area contributed by atoms with Gasteiger partial charge in [-0.2, -0.15) is 13.2 Å². The first kappa shape index (κ1) is 18.8. The van der Waals surface area contributed by atoms with Gasteiger partial charge >= 0.3 is 12.2 Å². The molecule has 0 spiro atoms. The number of carbonyl (C=O) groups is 2. The minimum atomic E-state index is -4.39. The molecule has 0 saturated carbocycles. The number of halogens is 3. The predicted octanol–water partition coefficient (Wildman–Crippen LogP) is 4.32. The Bertz CT molecular complexity index is 833. The van der Waals surface area contributed by atoms with Crippen LogP contribution < -0.4 is 15.5 Å². The Labute approximate surface area is 154 Å². The number of hydrogen-bond donors (Lipinski definition) is 2. The van der Waals surface area contributed by atoms with Gasteiger partial charge in [-0.15, -0.1) is 0 Å². The molecular formula is C19H18F3N3O2. The highest BCUT2D eigenvalue weighted by Crippen LogP contribution is 2.30. The minimum absolute atomic E-state index is 0.0684. The number of urea groups is 1. The van der Waals surface area contributed by atoms with E-state index in [-0.39, 0.29) is 5.91 Å². The van der Waals surface area contributed by atoms with Crippen LogP contribution in [0.2, 0.25) is 0 Å². The molecule has 1 aliphatic rings. The van der Waals surface area contributed by atoms with Gasteiger partial charge < -0.3 is 15.5 Å². The number of alkyl halides is 3. The number of carbonyl (C=O) groups excluding carboxylic acids is 2. The summed E-state index contributed by atoms with van der Waals surface area (Å²) in [5.74, 6) is 0.0684. The molecule has 1 heterocycles. The fourth-order valence-corrected chi connectivity index (χ4v) is 2.72. The lowest BCUT2D eigenvalue weighted by molar-refractivity contribution is -0.137. The number of rotatable bonds is 4. The van der Waals surface area contributed by atoms with Crippen LogP contribution in [0.25, 0.3) is 0 Å². The quantitative estimate of drug-likeness (QED) is 0.780. The Balaban J connectivity index is 1.56. The van der Waals surface area contributed by atoms with Crippen molar-refractivity contribution < 1.29 is 22.8 Å². The highest BCUT2D eigenvalue weighted by Gasteiger charge is 2.30. The molecule has 0 unspecified atom stereocenters. The number of hydrogen-bond acceptors (Lipinski definition) is 2. The predicted molar refractivity (Wildman–Crippen MR) is 95.4 cm³/mol. The van der Waals surface area contributed by atoms with Crippen LogP contribution in [0.1, 0.15) is 30.5 Å². The molecule has 1 atom stereocenters. The van der Waals surface area contributed by atoms with Crippen LogP contribution in [0.4, 0.5) is 29.3 Å². The van der Waals surface area contributed by atoms with Crippen LogP contribution in [0, 0.1) is 0 Å². The van der Waals surface area contributed by atoms with Crippen LogP contribution >= 0.6 is 0 Å². The number of nitrogens with zero attached hydrogens (tertiary/aromatic N) is 1. The van der Waals surface area contributed by atoms with Crippen molar-refractivity contribution in [2.75, 3.05) is 16.8 Å². The monoisotopic (exact) mass is 377 g/mol. The van der Waals surface area contributed by atoms with Gasteiger partial charge in [-0.25, -0.2) is 4.79 Å². The smallest absolute Gasteiger partial charge is 0.331 e. The average molecular weight is 377 g/mol. The zero-order valence-corrected chi connectivity index (χ0v) is 14.5. The molecule has 27 heavy (non-hydrogen) atoms. The lowest BCUT2D eigenvalue weighted by atomic mass is 10.1. The summed E-state index contributed by atoms with van der Waals surface area (Å²) in [5.41, 5.74) is 1.15. The summed E-state index contributed by atoms with van der Waals surface area (Å²) in [6.45, 7) is 2.37. The molecule has 1 aliphatic heterocycles. The average Bonchev–Trinajstić information content (AvgIpc) is 2.61. The standard InChI is InChI=1S/C19H18F3N3O2/c1-12(13-2-4-14(5-3-13)19(20,21)22)23-18(27)24-15-6-8-16(9-7-15)25-11-10-17(25)26/h2-9,12H,10-11H2,1H3,(H2,23,24,27)/t12-/m1/s1. The topological polar surface area (TPSA) is 61.4 Å². The molecule has 1 fully saturated rings. The number of benzene rings is 2. The molecule has 0 aromatic heterocycles. The van der Waals surface area contributed by atoms with Crippen molar-refractivity contribution >= 4 is 23.3 Å². The maximum atomic E-state index is 12.6. The highest BCUT2D eigenvalue weighted by atomic mass is 19.4. The molecule has 3 amide bonds. The van der Waals surface area contributed by atoms with Crippen molar-refractivity contribution in [3.05, 3.63) is 59.7 Å². The van der Waals surface area contributed by atoms with Crippen LogP contribution in [-0.4, -0.2) is 18.5 Å². The van der Waals surface area contributed by atoms with Gasteiger partial charge in [-0.1, -0.05) is 12.1 Å². The molecule has 5 nitrogen and oxygen atoms in total. The van der Waals surface area contributed by atoms with Crippen molar-refractivity contribution in [1.82, 2.24) is 5.32 Å². The van der Waals surface area contributed by atoms with E-state index in [1.807, 2.05) is 0 Å². The van der Waals surface area contributed by atoms with E-state index in [2.05, 4.69) is 10.6 Å². The molecule has 1 saturated heterocycles. The minimum Gasteiger partial charge on any atom is -0.331 e. The van der Waals surface area contributed by atoms with E-state index in [9.17, 15) is 22.8 Å². The van der Waals surface area contributed by atoms with E-state index in [0.717, 1.165) is 17.8 Å². The first-order chi connectivity index (χ1) is 12.7. The second kappa shape index (κ2) is 7.30. The van der Waals surface area contributed by atoms with Crippen LogP contribution in [-0.2, 0) is 11.0 Å². The molecule has 8 heteroatoms. The van der Waals surface area contributed by atoms with Crippen molar-refractivity contribution in [3.8, 4) is 0 Å². The van der Waals surface area contributed by atoms with Gasteiger partial charge in [-0.05, 0) is 48.9 Å². The third-order valence-electron chi connectivity index (χ3n) is 4.37. The Kier molecular flexibility index (Phi) is 5.07. The van der Waals surface area contributed by atoms with Gasteiger partial charge in [0.15, 0.2) is 0 Å². The van der Waals surface area contributed by atoms with E-state index < -0.39 is 23.8 Å². The van der Waals surface area contributed by atoms with Gasteiger partial charge in [0.2, 0.25) is 5.91 Å². The molecule has 142 valence electrons. The molecule has 2 N–H and O–H groups in total. The Morgan fingerprint density at radius 1 is 1.07 bits per heavy atom. The molecule has 0 aliphatic carbocycles. The van der Waals surface area contributed by atoms with Crippen molar-refractivity contribution in [1.29, 1.82) is 0 Å². The number of nitrogens with one attached hydrogen (secondary N) is 2. The highest BCUT2D eigenvalue weighted by molar-refractivity contribution is 5.99. The van der Waals surface area contributed by atoms with E-state index in [0.29, 0.717) is 24.2 Å². The van der Waals surface area contributed by atoms with E-state index in [4.69, 9.17) is 0 Å². The van der Waals surface area contributed by atoms with Crippen LogP contribution in [0.5, 0.6) is 0 Å². The SMILES string of the molecule is C[C@@H](NC(=O)Nc1ccc(N2CCC2=O)cc1)c1ccc(C(F)(F)F)cc1. The molecule has 0 radical (unpaired) electrons. The van der Waals surface area contributed by atoms with E-state index >= 15 is 0 Å². The summed E-state index contributed by atoms with van der Waals surface area (Å²) in [7, 11) is 0. The largest absolute Gasteiger partial charge is 0.416 e. The van der Waals surface area contributed by atoms with Crippen molar-refractivity contribution in [3.63, 3.8) is 0 Å². The Morgan fingerprint density at radius 3 is 2.19 bits per heavy atom. The molecule has 2 aromatic carbocycles. The van der Waals surface area contributed by atoms with Crippen molar-refractivity contribution in [2.24, 2.45) is 0 Å². The van der Waals surface area contributed by atoms with Crippen LogP contribution in [0.15, 0.2) is 48.5 Å². The Hall–Kier alpha value is -3.03. The zero-order chi connectivity index (χ0) is 19.6. The van der Waals surface area contributed by atoms with Gasteiger partial charge in [0.1, 0.15) is 0 Å². The normalized spacial score (nSPS) is 15.1. The maximum absolute atomic E-state index is 12.6. The number of amides is 3. The second-order valence-electron chi connectivity index (χ2n) is 6.28. The first-order valence-corrected chi connectivity index (χ1v) is 8.39. The summed E-state index contributed by atoms with van der Waals surface area (Å²) in [5, 5.41) is 5.33. The Morgan fingerprint density at radius 2 is 1.70 bits per heavy atom. The van der Waals surface area contributed by atoms with Crippen molar-refractivity contribution in [2.45, 2.75) is 25.6 Å². The fourth-order valence-electron chi connectivity index (χ4n) is 2.72. The third-order valence-corrected chi connectivity index (χ3v) is 4.37. The summed E-state index contributed by atoms with van der Waals surface area (Å²) in [4.78, 5) is 25.2. The lowest BCUT2D eigenvalue weighted by Gasteiger charge is -2.30. The van der Waals surface area contributed by atoms with Gasteiger partial charge in [0.25, 0.3) is 0 Å². The van der Waals surface area contributed by atoms with Gasteiger partial charge in [0, 0.05) is 24.3 Å². The molecule has 2 aromatic rings. The lowest BCUT2D eigenvalue weighted by Crippen LogP contribution is -2.43. The third kappa shape index (κ3) is 4.39. The zero-order valence-electron chi connectivity index (χ0n) is 14.5. The number of β-lactam (4-membered cyclic amide) rings is 1. The summed E-state index contributed by atoms with van der Waals surface area (Å²) in [6.07, 6.45) is -3.84. The van der Waals surface area contributed by atoms with E-state index in [1.165, 1.54) is 12.1 Å². The van der Waals surface area contributed by atoms with Gasteiger partial charge in [-0.3, -0.25) is 4.79 Å². The molecule has 3 rings (SSSR count). The van der Waals surface area contributed by atoms with E-state index in [1.54, 1.807) is 36.1 Å². The van der Waals surface area contributed by atoms with Crippen LogP contribution in [0.3, 0.4) is 0 Å². The maximum Gasteiger partial charge on any atom is 0.416 e. The van der Waals surface area contributed by atoms with Gasteiger partial charge in [0.05, 0.1) is 11.6 Å². The fraction of sp³-hybridized carbons (Fsp3) is 0.263. The summed E-state index contributed by atoms with van der Waals surface area (Å²) < 4.78 is 37.8. The first-order valence-electron chi connectivity index (χ1n) is 8.39. The molecular weight excluding hydrogens is 359 g/mol.